The average molecular weight is 207 g/mol. The molecule has 2 N–H and O–H groups in total. The highest BCUT2D eigenvalue weighted by Gasteiger charge is 2.19. The van der Waals surface area contributed by atoms with Gasteiger partial charge in [-0.25, -0.2) is 4.98 Å². The lowest BCUT2D eigenvalue weighted by molar-refractivity contribution is 0.0853. The highest BCUT2D eigenvalue weighted by molar-refractivity contribution is 5.44. The summed E-state index contributed by atoms with van der Waals surface area (Å²) >= 11 is 0. The Balaban J connectivity index is 2.08. The molecule has 0 radical (unpaired) electrons. The van der Waals surface area contributed by atoms with Crippen LogP contribution in [-0.2, 0) is 4.74 Å². The first-order valence-corrected chi connectivity index (χ1v) is 5.30. The molecule has 0 amide bonds. The molecule has 0 atom stereocenters. The van der Waals surface area contributed by atoms with Gasteiger partial charge in [0, 0.05) is 26.3 Å². The molecule has 1 saturated heterocycles. The number of nitrogens with zero attached hydrogens (tertiary/aromatic N) is 2. The predicted octanol–water partition coefficient (Wildman–Crippen LogP) is 1.28. The number of rotatable bonds is 2. The Kier molecular flexibility index (Phi) is 3.06. The fraction of sp³-hybridized carbons (Fsp3) is 0.545. The van der Waals surface area contributed by atoms with E-state index < -0.39 is 0 Å². The standard InChI is InChI=1S/C11H17N3O/c1-14(9-5-7-15-8-6-9)11-4-2-3-10(12)13-11/h2-4,9H,5-8H2,1H3,(H2,12,13). The summed E-state index contributed by atoms with van der Waals surface area (Å²) < 4.78 is 5.34. The first-order valence-electron chi connectivity index (χ1n) is 5.30. The van der Waals surface area contributed by atoms with Crippen LogP contribution in [0.1, 0.15) is 12.8 Å². The van der Waals surface area contributed by atoms with Gasteiger partial charge in [-0.15, -0.1) is 0 Å². The lowest BCUT2D eigenvalue weighted by Gasteiger charge is -2.32. The van der Waals surface area contributed by atoms with Crippen LogP contribution in [0, 0.1) is 0 Å². The molecular formula is C11H17N3O. The van der Waals surface area contributed by atoms with E-state index in [1.807, 2.05) is 12.1 Å². The molecule has 2 rings (SSSR count). The van der Waals surface area contributed by atoms with Crippen molar-refractivity contribution < 1.29 is 4.74 Å². The maximum absolute atomic E-state index is 5.66. The van der Waals surface area contributed by atoms with Crippen molar-refractivity contribution in [2.45, 2.75) is 18.9 Å². The number of ether oxygens (including phenoxy) is 1. The zero-order valence-corrected chi connectivity index (χ0v) is 9.02. The average Bonchev–Trinajstić information content (AvgIpc) is 2.29. The molecule has 0 spiro atoms. The van der Waals surface area contributed by atoms with E-state index in [-0.39, 0.29) is 0 Å². The highest BCUT2D eigenvalue weighted by Crippen LogP contribution is 2.19. The Morgan fingerprint density at radius 1 is 1.40 bits per heavy atom. The van der Waals surface area contributed by atoms with Crippen molar-refractivity contribution in [3.63, 3.8) is 0 Å². The molecule has 0 unspecified atom stereocenters. The molecule has 1 aromatic heterocycles. The van der Waals surface area contributed by atoms with Gasteiger partial charge < -0.3 is 15.4 Å². The number of hydrogen-bond acceptors (Lipinski definition) is 4. The molecule has 0 saturated carbocycles. The summed E-state index contributed by atoms with van der Waals surface area (Å²) in [5, 5.41) is 0. The van der Waals surface area contributed by atoms with Crippen molar-refractivity contribution in [2.75, 3.05) is 30.9 Å². The van der Waals surface area contributed by atoms with Crippen LogP contribution in [0.25, 0.3) is 0 Å². The second kappa shape index (κ2) is 4.49. The van der Waals surface area contributed by atoms with Crippen LogP contribution in [0.5, 0.6) is 0 Å². The van der Waals surface area contributed by atoms with Crippen LogP contribution in [0.3, 0.4) is 0 Å². The molecular weight excluding hydrogens is 190 g/mol. The monoisotopic (exact) mass is 207 g/mol. The minimum atomic E-state index is 0.521. The van der Waals surface area contributed by atoms with Crippen LogP contribution in [0.15, 0.2) is 18.2 Å². The quantitative estimate of drug-likeness (QED) is 0.793. The van der Waals surface area contributed by atoms with E-state index in [0.29, 0.717) is 11.9 Å². The fourth-order valence-corrected chi connectivity index (χ4v) is 1.90. The molecule has 1 aromatic rings. The first kappa shape index (κ1) is 10.2. The molecule has 1 fully saturated rings. The molecule has 2 heterocycles. The van der Waals surface area contributed by atoms with Crippen molar-refractivity contribution in [1.82, 2.24) is 4.98 Å². The van der Waals surface area contributed by atoms with E-state index in [9.17, 15) is 0 Å². The molecule has 82 valence electrons. The number of nitrogen functional groups attached to an aromatic ring is 1. The SMILES string of the molecule is CN(c1cccc(N)n1)C1CCOCC1. The molecule has 0 aromatic carbocycles. The third-order valence-corrected chi connectivity index (χ3v) is 2.86. The lowest BCUT2D eigenvalue weighted by Crippen LogP contribution is -2.37. The third kappa shape index (κ3) is 2.39. The molecule has 4 heteroatoms. The Labute approximate surface area is 90.0 Å². The summed E-state index contributed by atoms with van der Waals surface area (Å²) in [4.78, 5) is 6.50. The Morgan fingerprint density at radius 2 is 2.13 bits per heavy atom. The third-order valence-electron chi connectivity index (χ3n) is 2.86. The van der Waals surface area contributed by atoms with Gasteiger partial charge in [0.05, 0.1) is 0 Å². The molecule has 0 bridgehead atoms. The number of anilines is 2. The Bertz CT molecular complexity index is 323. The van der Waals surface area contributed by atoms with Gasteiger partial charge in [-0.05, 0) is 25.0 Å². The van der Waals surface area contributed by atoms with Crippen LogP contribution in [0.4, 0.5) is 11.6 Å². The largest absolute Gasteiger partial charge is 0.384 e. The minimum absolute atomic E-state index is 0.521. The first-order chi connectivity index (χ1) is 7.27. The van der Waals surface area contributed by atoms with Gasteiger partial charge in [0.25, 0.3) is 0 Å². The van der Waals surface area contributed by atoms with Crippen LogP contribution < -0.4 is 10.6 Å². The number of hydrogen-bond donors (Lipinski definition) is 1. The number of nitrogens with two attached hydrogens (primary N) is 1. The fourth-order valence-electron chi connectivity index (χ4n) is 1.90. The number of aromatic nitrogens is 1. The summed E-state index contributed by atoms with van der Waals surface area (Å²) in [5.41, 5.74) is 5.66. The van der Waals surface area contributed by atoms with Gasteiger partial charge in [0.15, 0.2) is 0 Å². The van der Waals surface area contributed by atoms with Crippen molar-refractivity contribution >= 4 is 11.6 Å². The second-order valence-corrected chi connectivity index (χ2v) is 3.88. The van der Waals surface area contributed by atoms with Gasteiger partial charge in [-0.1, -0.05) is 6.07 Å². The zero-order valence-electron chi connectivity index (χ0n) is 9.02. The van der Waals surface area contributed by atoms with Crippen molar-refractivity contribution in [3.8, 4) is 0 Å². The molecule has 4 nitrogen and oxygen atoms in total. The molecule has 15 heavy (non-hydrogen) atoms. The summed E-state index contributed by atoms with van der Waals surface area (Å²) in [6.45, 7) is 1.69. The predicted molar refractivity (Wildman–Crippen MR) is 60.9 cm³/mol. The van der Waals surface area contributed by atoms with Crippen LogP contribution >= 0.6 is 0 Å². The zero-order chi connectivity index (χ0) is 10.7. The van der Waals surface area contributed by atoms with E-state index >= 15 is 0 Å². The highest BCUT2D eigenvalue weighted by atomic mass is 16.5. The summed E-state index contributed by atoms with van der Waals surface area (Å²) in [6.07, 6.45) is 2.12. The molecule has 1 aliphatic heterocycles. The van der Waals surface area contributed by atoms with E-state index in [1.165, 1.54) is 0 Å². The Morgan fingerprint density at radius 3 is 2.80 bits per heavy atom. The van der Waals surface area contributed by atoms with Crippen molar-refractivity contribution in [2.24, 2.45) is 0 Å². The van der Waals surface area contributed by atoms with Crippen LogP contribution in [0.2, 0.25) is 0 Å². The van der Waals surface area contributed by atoms with Crippen molar-refractivity contribution in [3.05, 3.63) is 18.2 Å². The smallest absolute Gasteiger partial charge is 0.130 e. The summed E-state index contributed by atoms with van der Waals surface area (Å²) in [7, 11) is 2.07. The summed E-state index contributed by atoms with van der Waals surface area (Å²) in [5.74, 6) is 1.52. The normalized spacial score (nSPS) is 17.7. The maximum atomic E-state index is 5.66. The second-order valence-electron chi connectivity index (χ2n) is 3.88. The maximum Gasteiger partial charge on any atom is 0.130 e. The van der Waals surface area contributed by atoms with Gasteiger partial charge in [-0.2, -0.15) is 0 Å². The Hall–Kier alpha value is -1.29. The lowest BCUT2D eigenvalue weighted by atomic mass is 10.1. The summed E-state index contributed by atoms with van der Waals surface area (Å²) in [6, 6.07) is 6.26. The molecule has 0 aliphatic carbocycles. The van der Waals surface area contributed by atoms with E-state index in [0.717, 1.165) is 31.9 Å². The van der Waals surface area contributed by atoms with Gasteiger partial charge in [0.1, 0.15) is 11.6 Å². The van der Waals surface area contributed by atoms with Gasteiger partial charge >= 0.3 is 0 Å². The minimum Gasteiger partial charge on any atom is -0.384 e. The van der Waals surface area contributed by atoms with Gasteiger partial charge in [-0.3, -0.25) is 0 Å². The van der Waals surface area contributed by atoms with E-state index in [4.69, 9.17) is 10.5 Å². The van der Waals surface area contributed by atoms with E-state index in [1.54, 1.807) is 6.07 Å². The van der Waals surface area contributed by atoms with Gasteiger partial charge in [0.2, 0.25) is 0 Å². The number of pyridine rings is 1. The molecule has 1 aliphatic rings. The van der Waals surface area contributed by atoms with Crippen LogP contribution in [-0.4, -0.2) is 31.3 Å². The van der Waals surface area contributed by atoms with E-state index in [2.05, 4.69) is 16.9 Å². The topological polar surface area (TPSA) is 51.4 Å². The van der Waals surface area contributed by atoms with Crippen molar-refractivity contribution in [1.29, 1.82) is 0 Å².